The molecule has 2 saturated heterocycles. The molecule has 2 rings (SSSR count). The Labute approximate surface area is 249 Å². The van der Waals surface area contributed by atoms with Gasteiger partial charge in [-0.1, -0.05) is 0 Å². The topological polar surface area (TPSA) is 287 Å². The van der Waals surface area contributed by atoms with Gasteiger partial charge in [0.2, 0.25) is 16.8 Å². The zero-order valence-corrected chi connectivity index (χ0v) is 24.8. The summed E-state index contributed by atoms with van der Waals surface area (Å²) >= 11 is 0. The first kappa shape index (κ1) is 37.1. The van der Waals surface area contributed by atoms with E-state index in [2.05, 4.69) is 0 Å². The lowest BCUT2D eigenvalue weighted by Crippen LogP contribution is -2.92. The SMILES string of the molecule is CC(=O)OC(C(C)=O)(C(C)=O)[C@@]1(C(C)=O)O[C@@H](O[C@H]2[C@H](O)[C@@H](O)[C@H](O)O[C@@H]2CO)[C@H](O)[C@](O)(C(C)=O)[C@@]1(OC(C)=O)C(C)=O. The quantitative estimate of drug-likeness (QED) is 0.0920. The van der Waals surface area contributed by atoms with E-state index < -0.39 is 113 Å². The first-order chi connectivity index (χ1) is 20.1. The second-order valence-electron chi connectivity index (χ2n) is 10.5. The Morgan fingerprint density at radius 2 is 1.30 bits per heavy atom. The third-order valence-corrected chi connectivity index (χ3v) is 7.75. The Morgan fingerprint density at radius 1 is 0.773 bits per heavy atom. The molecule has 6 N–H and O–H groups in total. The van der Waals surface area contributed by atoms with Crippen molar-refractivity contribution in [2.24, 2.45) is 0 Å². The van der Waals surface area contributed by atoms with Gasteiger partial charge in [-0.25, -0.2) is 0 Å². The molecule has 2 aliphatic rings. The summed E-state index contributed by atoms with van der Waals surface area (Å²) in [7, 11) is 0. The molecule has 0 aromatic heterocycles. The van der Waals surface area contributed by atoms with E-state index in [1.54, 1.807) is 0 Å². The Bertz CT molecular complexity index is 1210. The lowest BCUT2D eigenvalue weighted by Gasteiger charge is -2.62. The van der Waals surface area contributed by atoms with E-state index in [-0.39, 0.29) is 0 Å². The van der Waals surface area contributed by atoms with Crippen molar-refractivity contribution in [3.05, 3.63) is 0 Å². The second-order valence-corrected chi connectivity index (χ2v) is 10.5. The molecular formula is C26H36O18. The Morgan fingerprint density at radius 3 is 1.66 bits per heavy atom. The highest BCUT2D eigenvalue weighted by Crippen LogP contribution is 2.55. The average molecular weight is 637 g/mol. The molecule has 44 heavy (non-hydrogen) atoms. The van der Waals surface area contributed by atoms with Crippen molar-refractivity contribution in [1.82, 2.24) is 0 Å². The minimum Gasteiger partial charge on any atom is -0.444 e. The molecule has 0 radical (unpaired) electrons. The van der Waals surface area contributed by atoms with Crippen LogP contribution in [-0.4, -0.2) is 144 Å². The fourth-order valence-corrected chi connectivity index (χ4v) is 5.98. The van der Waals surface area contributed by atoms with Crippen LogP contribution in [0.1, 0.15) is 48.5 Å². The standard InChI is InChI=1S/C26H36O18/c1-9(28)23(39)20(37)22(41-19-16(8-27)40-21(38)18(36)17(19)35)44-26(13(5)32,25(23,12(4)31)43-15(7)34)24(10(2)29,11(3)30)42-14(6)33/h16-22,27,35-39H,8H2,1-7H3/t16-,17-,18-,19-,20+,21-,22-,23-,25+,26-/m1/s1. The van der Waals surface area contributed by atoms with Crippen molar-refractivity contribution in [3.8, 4) is 0 Å². The van der Waals surface area contributed by atoms with Crippen LogP contribution in [0.25, 0.3) is 0 Å². The third-order valence-electron chi connectivity index (χ3n) is 7.75. The smallest absolute Gasteiger partial charge is 0.304 e. The molecule has 18 nitrogen and oxygen atoms in total. The van der Waals surface area contributed by atoms with Crippen molar-refractivity contribution in [1.29, 1.82) is 0 Å². The molecule has 10 atom stereocenters. The summed E-state index contributed by atoms with van der Waals surface area (Å²) in [5, 5.41) is 63.9. The molecule has 0 amide bonds. The summed E-state index contributed by atoms with van der Waals surface area (Å²) in [6, 6.07) is 0. The molecule has 0 bridgehead atoms. The van der Waals surface area contributed by atoms with E-state index in [0.29, 0.717) is 48.5 Å². The van der Waals surface area contributed by atoms with Crippen LogP contribution >= 0.6 is 0 Å². The van der Waals surface area contributed by atoms with Crippen molar-refractivity contribution in [2.45, 2.75) is 114 Å². The normalized spacial score (nSPS) is 37.4. The summed E-state index contributed by atoms with van der Waals surface area (Å²) < 4.78 is 26.5. The molecule has 18 heteroatoms. The number of hydrogen-bond acceptors (Lipinski definition) is 18. The predicted octanol–water partition coefficient (Wildman–Crippen LogP) is -4.46. The lowest BCUT2D eigenvalue weighted by molar-refractivity contribution is -0.401. The number of carbonyl (C=O) groups excluding carboxylic acids is 7. The van der Waals surface area contributed by atoms with Crippen LogP contribution < -0.4 is 0 Å². The van der Waals surface area contributed by atoms with Crippen LogP contribution in [0.4, 0.5) is 0 Å². The van der Waals surface area contributed by atoms with Crippen molar-refractivity contribution < 1.29 is 87.9 Å². The van der Waals surface area contributed by atoms with Crippen LogP contribution in [0.3, 0.4) is 0 Å². The number of rotatable bonds is 11. The molecule has 2 heterocycles. The molecule has 2 aliphatic heterocycles. The molecule has 0 saturated carbocycles. The molecule has 0 aliphatic carbocycles. The highest BCUT2D eigenvalue weighted by molar-refractivity contribution is 6.20. The van der Waals surface area contributed by atoms with Crippen LogP contribution in [0, 0.1) is 0 Å². The highest BCUT2D eigenvalue weighted by atomic mass is 16.7. The van der Waals surface area contributed by atoms with Gasteiger partial charge in [0.05, 0.1) is 6.61 Å². The van der Waals surface area contributed by atoms with Gasteiger partial charge in [-0.05, 0) is 34.6 Å². The summed E-state index contributed by atoms with van der Waals surface area (Å²) in [6.07, 6.45) is -15.8. The highest BCUT2D eigenvalue weighted by Gasteiger charge is 2.88. The second kappa shape index (κ2) is 12.7. The maximum atomic E-state index is 13.9. The number of ketones is 5. The zero-order valence-electron chi connectivity index (χ0n) is 24.8. The Balaban J connectivity index is 3.21. The minimum absolute atomic E-state index is 0.545. The van der Waals surface area contributed by atoms with E-state index in [1.807, 2.05) is 0 Å². The van der Waals surface area contributed by atoms with E-state index >= 15 is 0 Å². The van der Waals surface area contributed by atoms with Gasteiger partial charge >= 0.3 is 11.9 Å². The number of aliphatic hydroxyl groups is 6. The summed E-state index contributed by atoms with van der Waals surface area (Å²) in [5.41, 5.74) is -15.3. The molecule has 0 unspecified atom stereocenters. The van der Waals surface area contributed by atoms with Crippen molar-refractivity contribution in [2.75, 3.05) is 6.61 Å². The molecular weight excluding hydrogens is 600 g/mol. The summed E-state index contributed by atoms with van der Waals surface area (Å²) in [5.74, 6) is -11.0. The molecule has 2 fully saturated rings. The maximum absolute atomic E-state index is 13.9. The summed E-state index contributed by atoms with van der Waals surface area (Å²) in [6.45, 7) is 3.11. The first-order valence-corrected chi connectivity index (χ1v) is 13.1. The number of hydrogen-bond donors (Lipinski definition) is 6. The van der Waals surface area contributed by atoms with Gasteiger partial charge in [-0.3, -0.25) is 33.6 Å². The van der Waals surface area contributed by atoms with Gasteiger partial charge in [0.15, 0.2) is 41.5 Å². The van der Waals surface area contributed by atoms with Gasteiger partial charge in [0.1, 0.15) is 30.5 Å². The number of esters is 2. The number of Topliss-reactive ketones (excluding diaryl/α,β-unsaturated/α-hetero) is 5. The molecule has 0 aromatic rings. The Kier molecular flexibility index (Phi) is 10.7. The number of aliphatic hydroxyl groups excluding tert-OH is 5. The lowest BCUT2D eigenvalue weighted by atomic mass is 9.54. The zero-order chi connectivity index (χ0) is 34.3. The van der Waals surface area contributed by atoms with Gasteiger partial charge < -0.3 is 54.3 Å². The van der Waals surface area contributed by atoms with Crippen LogP contribution in [0.5, 0.6) is 0 Å². The number of carbonyl (C=O) groups is 7. The summed E-state index contributed by atoms with van der Waals surface area (Å²) in [4.78, 5) is 92.7. The van der Waals surface area contributed by atoms with Gasteiger partial charge in [0, 0.05) is 13.8 Å². The average Bonchev–Trinajstić information content (AvgIpc) is 2.90. The fraction of sp³-hybridized carbons (Fsp3) is 0.731. The molecule has 0 spiro atoms. The first-order valence-electron chi connectivity index (χ1n) is 13.1. The third kappa shape index (κ3) is 5.09. The predicted molar refractivity (Wildman–Crippen MR) is 136 cm³/mol. The van der Waals surface area contributed by atoms with Crippen molar-refractivity contribution in [3.63, 3.8) is 0 Å². The van der Waals surface area contributed by atoms with Gasteiger partial charge in [-0.15, -0.1) is 0 Å². The van der Waals surface area contributed by atoms with E-state index in [9.17, 15) is 64.2 Å². The van der Waals surface area contributed by atoms with Crippen LogP contribution in [0.15, 0.2) is 0 Å². The van der Waals surface area contributed by atoms with Crippen molar-refractivity contribution >= 4 is 40.9 Å². The van der Waals surface area contributed by atoms with Gasteiger partial charge in [-0.2, -0.15) is 0 Å². The minimum atomic E-state index is -3.87. The van der Waals surface area contributed by atoms with Crippen LogP contribution in [0.2, 0.25) is 0 Å². The monoisotopic (exact) mass is 636 g/mol. The maximum Gasteiger partial charge on any atom is 0.304 e. The Hall–Kier alpha value is -3.07. The van der Waals surface area contributed by atoms with Gasteiger partial charge in [0.25, 0.3) is 5.60 Å². The van der Waals surface area contributed by atoms with E-state index in [4.69, 9.17) is 23.7 Å². The fourth-order valence-electron chi connectivity index (χ4n) is 5.98. The number of ether oxygens (including phenoxy) is 5. The molecule has 248 valence electrons. The largest absolute Gasteiger partial charge is 0.444 e. The van der Waals surface area contributed by atoms with Crippen LogP contribution in [-0.2, 0) is 57.2 Å². The van der Waals surface area contributed by atoms with E-state index in [0.717, 1.165) is 0 Å². The van der Waals surface area contributed by atoms with E-state index in [1.165, 1.54) is 0 Å². The molecule has 0 aromatic carbocycles.